The Morgan fingerprint density at radius 1 is 1.06 bits per heavy atom. The van der Waals surface area contributed by atoms with Crippen molar-refractivity contribution in [3.63, 3.8) is 0 Å². The lowest BCUT2D eigenvalue weighted by molar-refractivity contribution is 0.0945. The molecule has 0 fully saturated rings. The maximum atomic E-state index is 13.7. The lowest BCUT2D eigenvalue weighted by atomic mass is 9.97. The minimum atomic E-state index is -0.441. The van der Waals surface area contributed by atoms with E-state index in [9.17, 15) is 4.79 Å². The zero-order valence-electron chi connectivity index (χ0n) is 19.3. The summed E-state index contributed by atoms with van der Waals surface area (Å²) in [7, 11) is 1.88. The Kier molecular flexibility index (Phi) is 6.06. The Balaban J connectivity index is 1.40. The fourth-order valence-electron chi connectivity index (χ4n) is 4.20. The van der Waals surface area contributed by atoms with Gasteiger partial charge in [-0.05, 0) is 36.6 Å². The SMILES string of the molecule is Cc1ccc(CCN[C@H](C(=O)c2c[nH]c3nc(-c4cnn(C)c4)ccc23)c2ccccc2)cc1. The Morgan fingerprint density at radius 3 is 2.59 bits per heavy atom. The number of hydrogen-bond donors (Lipinski definition) is 2. The van der Waals surface area contributed by atoms with Gasteiger partial charge in [-0.15, -0.1) is 0 Å². The smallest absolute Gasteiger partial charge is 0.186 e. The average molecular weight is 450 g/mol. The van der Waals surface area contributed by atoms with Gasteiger partial charge in [-0.25, -0.2) is 4.98 Å². The number of aryl methyl sites for hydroxylation is 2. The number of carbonyl (C=O) groups excluding carboxylic acids is 1. The van der Waals surface area contributed by atoms with Crippen molar-refractivity contribution in [1.29, 1.82) is 0 Å². The Hall–Kier alpha value is -4.03. The summed E-state index contributed by atoms with van der Waals surface area (Å²) >= 11 is 0. The number of ketones is 1. The third-order valence-corrected chi connectivity index (χ3v) is 6.08. The molecule has 0 saturated heterocycles. The molecular formula is C28H27N5O. The molecule has 5 aromatic rings. The third-order valence-electron chi connectivity index (χ3n) is 6.08. The van der Waals surface area contributed by atoms with E-state index in [-0.39, 0.29) is 5.78 Å². The van der Waals surface area contributed by atoms with Crippen LogP contribution in [0.4, 0.5) is 0 Å². The second-order valence-electron chi connectivity index (χ2n) is 8.60. The third kappa shape index (κ3) is 4.54. The molecule has 2 N–H and O–H groups in total. The average Bonchev–Trinajstić information content (AvgIpc) is 3.49. The van der Waals surface area contributed by atoms with Crippen LogP contribution >= 0.6 is 0 Å². The van der Waals surface area contributed by atoms with Gasteiger partial charge >= 0.3 is 0 Å². The van der Waals surface area contributed by atoms with Crippen molar-refractivity contribution in [2.75, 3.05) is 6.54 Å². The van der Waals surface area contributed by atoms with Gasteiger partial charge in [0, 0.05) is 42.5 Å². The first-order valence-electron chi connectivity index (χ1n) is 11.4. The van der Waals surface area contributed by atoms with Gasteiger partial charge in [0.2, 0.25) is 0 Å². The fraction of sp³-hybridized carbons (Fsp3) is 0.179. The molecule has 170 valence electrons. The van der Waals surface area contributed by atoms with Gasteiger partial charge < -0.3 is 10.3 Å². The molecule has 0 aliphatic rings. The summed E-state index contributed by atoms with van der Waals surface area (Å²) in [6.07, 6.45) is 6.32. The summed E-state index contributed by atoms with van der Waals surface area (Å²) in [5.41, 5.74) is 6.52. The molecule has 1 atom stereocenters. The van der Waals surface area contributed by atoms with Crippen molar-refractivity contribution in [3.05, 3.63) is 108 Å². The number of benzene rings is 2. The number of hydrogen-bond acceptors (Lipinski definition) is 4. The number of carbonyl (C=O) groups is 1. The van der Waals surface area contributed by atoms with Gasteiger partial charge in [0.1, 0.15) is 5.65 Å². The maximum Gasteiger partial charge on any atom is 0.186 e. The maximum absolute atomic E-state index is 13.7. The Morgan fingerprint density at radius 2 is 1.85 bits per heavy atom. The highest BCUT2D eigenvalue weighted by Gasteiger charge is 2.24. The van der Waals surface area contributed by atoms with Crippen LogP contribution in [-0.2, 0) is 13.5 Å². The van der Waals surface area contributed by atoms with Crippen molar-refractivity contribution in [2.45, 2.75) is 19.4 Å². The quantitative estimate of drug-likeness (QED) is 0.326. The van der Waals surface area contributed by atoms with Gasteiger partial charge in [-0.3, -0.25) is 9.48 Å². The number of aromatic nitrogens is 4. The van der Waals surface area contributed by atoms with E-state index in [0.717, 1.165) is 28.6 Å². The zero-order chi connectivity index (χ0) is 23.5. The molecule has 6 heteroatoms. The molecule has 0 unspecified atom stereocenters. The van der Waals surface area contributed by atoms with Crippen LogP contribution in [0.25, 0.3) is 22.3 Å². The van der Waals surface area contributed by atoms with Crippen LogP contribution in [0.15, 0.2) is 85.3 Å². The number of nitrogens with zero attached hydrogens (tertiary/aromatic N) is 3. The van der Waals surface area contributed by atoms with E-state index in [1.807, 2.05) is 55.7 Å². The molecule has 0 bridgehead atoms. The number of Topliss-reactive ketones (excluding diaryl/α,β-unsaturated/α-hetero) is 1. The van der Waals surface area contributed by atoms with Crippen molar-refractivity contribution < 1.29 is 4.79 Å². The zero-order valence-corrected chi connectivity index (χ0v) is 19.3. The van der Waals surface area contributed by atoms with E-state index < -0.39 is 6.04 Å². The number of rotatable bonds is 8. The van der Waals surface area contributed by atoms with Crippen LogP contribution < -0.4 is 5.32 Å². The summed E-state index contributed by atoms with van der Waals surface area (Å²) in [5.74, 6) is 0.0253. The molecule has 3 heterocycles. The largest absolute Gasteiger partial charge is 0.345 e. The molecular weight excluding hydrogens is 422 g/mol. The van der Waals surface area contributed by atoms with E-state index in [2.05, 4.69) is 46.6 Å². The topological polar surface area (TPSA) is 75.6 Å². The first-order valence-corrected chi connectivity index (χ1v) is 11.4. The molecule has 0 aliphatic carbocycles. The van der Waals surface area contributed by atoms with Crippen LogP contribution in [0.3, 0.4) is 0 Å². The number of aromatic amines is 1. The summed E-state index contributed by atoms with van der Waals surface area (Å²) in [5, 5.41) is 8.54. The molecule has 0 radical (unpaired) electrons. The number of pyridine rings is 1. The second kappa shape index (κ2) is 9.45. The second-order valence-corrected chi connectivity index (χ2v) is 8.60. The van der Waals surface area contributed by atoms with Gasteiger partial charge in [0.25, 0.3) is 0 Å². The summed E-state index contributed by atoms with van der Waals surface area (Å²) in [6, 6.07) is 21.9. The minimum absolute atomic E-state index is 0.0253. The molecule has 34 heavy (non-hydrogen) atoms. The molecule has 0 aliphatic heterocycles. The summed E-state index contributed by atoms with van der Waals surface area (Å²) < 4.78 is 1.75. The summed E-state index contributed by atoms with van der Waals surface area (Å²) in [6.45, 7) is 2.78. The van der Waals surface area contributed by atoms with Crippen LogP contribution in [0.5, 0.6) is 0 Å². The van der Waals surface area contributed by atoms with Crippen LogP contribution in [0.2, 0.25) is 0 Å². The van der Waals surface area contributed by atoms with Crippen molar-refractivity contribution in [2.24, 2.45) is 7.05 Å². The molecule has 0 amide bonds. The van der Waals surface area contributed by atoms with E-state index in [0.29, 0.717) is 17.8 Å². The fourth-order valence-corrected chi connectivity index (χ4v) is 4.20. The summed E-state index contributed by atoms with van der Waals surface area (Å²) in [4.78, 5) is 21.7. The van der Waals surface area contributed by atoms with Crippen LogP contribution in [0.1, 0.15) is 33.1 Å². The van der Waals surface area contributed by atoms with Gasteiger partial charge in [0.05, 0.1) is 17.9 Å². The number of H-pyrrole nitrogens is 1. The van der Waals surface area contributed by atoms with Crippen molar-refractivity contribution in [3.8, 4) is 11.3 Å². The molecule has 5 rings (SSSR count). The predicted molar refractivity (Wildman–Crippen MR) is 135 cm³/mol. The molecule has 6 nitrogen and oxygen atoms in total. The highest BCUT2D eigenvalue weighted by molar-refractivity contribution is 6.10. The first kappa shape index (κ1) is 21.8. The molecule has 0 spiro atoms. The number of fused-ring (bicyclic) bond motifs is 1. The molecule has 0 saturated carbocycles. The molecule has 3 aromatic heterocycles. The lowest BCUT2D eigenvalue weighted by Crippen LogP contribution is -2.30. The van der Waals surface area contributed by atoms with Gasteiger partial charge in [0.15, 0.2) is 5.78 Å². The van der Waals surface area contributed by atoms with Gasteiger partial charge in [-0.1, -0.05) is 60.2 Å². The van der Waals surface area contributed by atoms with E-state index in [1.165, 1.54) is 11.1 Å². The number of nitrogens with one attached hydrogen (secondary N) is 2. The van der Waals surface area contributed by atoms with Crippen LogP contribution in [0, 0.1) is 6.92 Å². The first-order chi connectivity index (χ1) is 16.6. The monoisotopic (exact) mass is 449 g/mol. The van der Waals surface area contributed by atoms with Crippen molar-refractivity contribution in [1.82, 2.24) is 25.1 Å². The van der Waals surface area contributed by atoms with Gasteiger partial charge in [-0.2, -0.15) is 5.10 Å². The van der Waals surface area contributed by atoms with E-state index >= 15 is 0 Å². The lowest BCUT2D eigenvalue weighted by Gasteiger charge is -2.18. The predicted octanol–water partition coefficient (Wildman–Crippen LogP) is 5.03. The van der Waals surface area contributed by atoms with E-state index in [4.69, 9.17) is 4.98 Å². The van der Waals surface area contributed by atoms with Crippen molar-refractivity contribution >= 4 is 16.8 Å². The van der Waals surface area contributed by atoms with Crippen LogP contribution in [-0.4, -0.2) is 32.1 Å². The molecule has 2 aromatic carbocycles. The Bertz CT molecular complexity index is 1420. The van der Waals surface area contributed by atoms with E-state index in [1.54, 1.807) is 17.1 Å². The minimum Gasteiger partial charge on any atom is -0.345 e. The Labute approximate surface area is 198 Å². The normalized spacial score (nSPS) is 12.2. The highest BCUT2D eigenvalue weighted by Crippen LogP contribution is 2.26. The highest BCUT2D eigenvalue weighted by atomic mass is 16.1. The standard InChI is InChI=1S/C28H27N5O/c1-19-8-10-20(11-9-19)14-15-29-26(21-6-4-3-5-7-21)27(34)24-17-30-28-23(24)12-13-25(32-28)22-16-31-33(2)18-22/h3-13,16-18,26,29H,14-15H2,1-2H3,(H,30,32)/t26-/m0/s1.